The van der Waals surface area contributed by atoms with Gasteiger partial charge in [-0.15, -0.1) is 43.6 Å². The maximum atomic E-state index is 10.9. The van der Waals surface area contributed by atoms with Crippen LogP contribution in [0.15, 0.2) is 29.9 Å². The van der Waals surface area contributed by atoms with Crippen LogP contribution in [-0.4, -0.2) is 44.4 Å². The quantitative estimate of drug-likeness (QED) is 0.147. The van der Waals surface area contributed by atoms with Gasteiger partial charge in [-0.3, -0.25) is 4.79 Å². The first-order chi connectivity index (χ1) is 20.5. The molecule has 1 aliphatic heterocycles. The van der Waals surface area contributed by atoms with E-state index in [0.717, 1.165) is 28.1 Å². The lowest BCUT2D eigenvalue weighted by Gasteiger charge is -2.23. The first kappa shape index (κ1) is 39.6. The van der Waals surface area contributed by atoms with Crippen molar-refractivity contribution in [2.24, 2.45) is 18.4 Å². The molecular weight excluding hydrogens is 577 g/mol. The minimum Gasteiger partial charge on any atom is -0.477 e. The number of hydrogen-bond acceptors (Lipinski definition) is 6. The van der Waals surface area contributed by atoms with E-state index in [0.29, 0.717) is 11.3 Å². The molecule has 0 atom stereocenters. The number of aromatic nitrogens is 2. The Labute approximate surface area is 268 Å². The van der Waals surface area contributed by atoms with Crippen LogP contribution in [0, 0.1) is 55.8 Å². The number of amides is 1. The Balaban J connectivity index is 0.000000608. The van der Waals surface area contributed by atoms with Crippen LogP contribution in [0.25, 0.3) is 0 Å². The first-order valence-corrected chi connectivity index (χ1v) is 15.9. The third kappa shape index (κ3) is 16.7. The second kappa shape index (κ2) is 22.2. The molecule has 3 heterocycles. The molecule has 1 aliphatic carbocycles. The van der Waals surface area contributed by atoms with Gasteiger partial charge in [-0.1, -0.05) is 43.6 Å². The molecule has 2 fully saturated rings. The highest BCUT2D eigenvalue weighted by Crippen LogP contribution is 2.27. The number of allylic oxidation sites excluding steroid dienone is 1. The molecule has 2 aromatic rings. The summed E-state index contributed by atoms with van der Waals surface area (Å²) in [5.41, 5.74) is 0.140. The number of nitrogens with one attached hydrogen (secondary N) is 1. The van der Waals surface area contributed by atoms with Crippen LogP contribution in [0.5, 0.6) is 0 Å². The summed E-state index contributed by atoms with van der Waals surface area (Å²) in [4.78, 5) is 26.5. The van der Waals surface area contributed by atoms with E-state index < -0.39 is 5.97 Å². The molecule has 9 heteroatoms. The molecule has 0 aromatic carbocycles. The molecule has 2 aromatic heterocycles. The molecule has 2 aliphatic rings. The molecule has 1 saturated heterocycles. The lowest BCUT2D eigenvalue weighted by Crippen LogP contribution is -2.22. The lowest BCUT2D eigenvalue weighted by atomic mass is 9.90. The van der Waals surface area contributed by atoms with Gasteiger partial charge >= 0.3 is 5.97 Å². The van der Waals surface area contributed by atoms with Crippen LogP contribution in [0.4, 0.5) is 5.69 Å². The fourth-order valence-electron chi connectivity index (χ4n) is 4.06. The maximum Gasteiger partial charge on any atom is 0.348 e. The van der Waals surface area contributed by atoms with Crippen LogP contribution in [0.2, 0.25) is 0 Å². The van der Waals surface area contributed by atoms with Gasteiger partial charge in [0.25, 0.3) is 0 Å². The molecule has 1 amide bonds. The van der Waals surface area contributed by atoms with E-state index in [1.54, 1.807) is 18.0 Å². The highest BCUT2D eigenvalue weighted by molar-refractivity contribution is 7.97. The van der Waals surface area contributed by atoms with Crippen molar-refractivity contribution >= 4 is 41.4 Å². The Morgan fingerprint density at radius 3 is 2.16 bits per heavy atom. The van der Waals surface area contributed by atoms with Crippen molar-refractivity contribution in [3.63, 3.8) is 0 Å². The Hall–Kier alpha value is -3.42. The van der Waals surface area contributed by atoms with Gasteiger partial charge in [0.2, 0.25) is 6.41 Å². The van der Waals surface area contributed by atoms with Gasteiger partial charge in [-0.25, -0.2) is 14.1 Å². The van der Waals surface area contributed by atoms with Gasteiger partial charge in [-0.2, -0.15) is 0 Å². The Bertz CT molecular complexity index is 1190. The summed E-state index contributed by atoms with van der Waals surface area (Å²) in [6.07, 6.45) is 31.8. The Morgan fingerprint density at radius 1 is 1.14 bits per heavy atom. The second-order valence-corrected chi connectivity index (χ2v) is 13.0. The zero-order chi connectivity index (χ0) is 32.8. The van der Waals surface area contributed by atoms with Gasteiger partial charge in [0.15, 0.2) is 0 Å². The van der Waals surface area contributed by atoms with E-state index in [1.807, 2.05) is 34.7 Å². The number of hydrogen-bond donors (Lipinski definition) is 2. The van der Waals surface area contributed by atoms with Crippen molar-refractivity contribution in [3.05, 3.63) is 40.5 Å². The Morgan fingerprint density at radius 2 is 1.72 bits per heavy atom. The first-order valence-electron chi connectivity index (χ1n) is 14.3. The molecule has 2 N–H and O–H groups in total. The van der Waals surface area contributed by atoms with Gasteiger partial charge in [0, 0.05) is 31.7 Å². The van der Waals surface area contributed by atoms with E-state index in [2.05, 4.69) is 75.6 Å². The Kier molecular flexibility index (Phi) is 20.4. The topological polar surface area (TPSA) is 87.5 Å². The summed E-state index contributed by atoms with van der Waals surface area (Å²) in [7, 11) is 2.04. The van der Waals surface area contributed by atoms with Crippen LogP contribution in [0.3, 0.4) is 0 Å². The summed E-state index contributed by atoms with van der Waals surface area (Å²) in [6.45, 7) is 14.1. The zero-order valence-corrected chi connectivity index (χ0v) is 28.0. The molecule has 1 saturated carbocycles. The fraction of sp³-hybridized carbons (Fsp3) is 0.500. The molecule has 43 heavy (non-hydrogen) atoms. The lowest BCUT2D eigenvalue weighted by molar-refractivity contribution is -0.105. The van der Waals surface area contributed by atoms with Gasteiger partial charge in [-0.05, 0) is 77.3 Å². The minimum absolute atomic E-state index is 0.0929. The fourth-order valence-corrected chi connectivity index (χ4v) is 5.96. The standard InChI is InChI=1S/C12H13NO3S.C10H17N3S.C8H14.2C2H2/c1-12(2,3)5-4-8-6-9(13-7-14)10(17-8)11(15)16;1-9-11-10(8-12(9)2)14-13-6-4-3-5-7-13;1-2-8-6-4-3-5-7-8;2*1-2/h6-7H,1-3H3,(H,13,14)(H,15,16);8H,3-7H2,1-2H3;2,8H,1,3-7H2;2*1-2H. The number of piperidine rings is 1. The van der Waals surface area contributed by atoms with Crippen LogP contribution in [0.1, 0.15) is 92.5 Å². The number of anilines is 1. The minimum atomic E-state index is -1.07. The largest absolute Gasteiger partial charge is 0.477 e. The molecule has 7 nitrogen and oxygen atoms in total. The van der Waals surface area contributed by atoms with E-state index >= 15 is 0 Å². The number of terminal acetylenes is 2. The second-order valence-electron chi connectivity index (χ2n) is 10.9. The predicted molar refractivity (Wildman–Crippen MR) is 183 cm³/mol. The number of aryl methyl sites for hydroxylation is 2. The highest BCUT2D eigenvalue weighted by Gasteiger charge is 2.15. The maximum absolute atomic E-state index is 10.9. The number of carbonyl (C=O) groups excluding carboxylic acids is 1. The molecule has 0 radical (unpaired) electrons. The number of aromatic carboxylic acids is 1. The molecule has 0 bridgehead atoms. The summed E-state index contributed by atoms with van der Waals surface area (Å²) in [5.74, 6) is 6.79. The normalized spacial score (nSPS) is 14.5. The van der Waals surface area contributed by atoms with Crippen molar-refractivity contribution in [1.29, 1.82) is 0 Å². The van der Waals surface area contributed by atoms with E-state index in [9.17, 15) is 9.59 Å². The molecule has 0 unspecified atom stereocenters. The van der Waals surface area contributed by atoms with Crippen LogP contribution >= 0.6 is 23.3 Å². The monoisotopic (exact) mass is 624 g/mol. The number of imidazole rings is 1. The van der Waals surface area contributed by atoms with Crippen molar-refractivity contribution in [3.8, 4) is 37.5 Å². The van der Waals surface area contributed by atoms with E-state index in [1.165, 1.54) is 64.5 Å². The summed E-state index contributed by atoms with van der Waals surface area (Å²) in [6, 6.07) is 1.57. The summed E-state index contributed by atoms with van der Waals surface area (Å²) in [5, 5.41) is 12.4. The smallest absolute Gasteiger partial charge is 0.348 e. The number of thiophene rings is 1. The predicted octanol–water partition coefficient (Wildman–Crippen LogP) is 7.89. The molecule has 4 rings (SSSR count). The average molecular weight is 625 g/mol. The number of carboxylic acid groups (broad SMARTS) is 1. The van der Waals surface area contributed by atoms with Crippen molar-refractivity contribution in [2.45, 2.75) is 84.1 Å². The molecule has 0 spiro atoms. The molecular formula is C34H48N4O3S2. The zero-order valence-electron chi connectivity index (χ0n) is 26.4. The summed E-state index contributed by atoms with van der Waals surface area (Å²) < 4.78 is 4.50. The van der Waals surface area contributed by atoms with Crippen molar-refractivity contribution < 1.29 is 14.7 Å². The van der Waals surface area contributed by atoms with Crippen molar-refractivity contribution in [1.82, 2.24) is 13.9 Å². The number of rotatable bonds is 6. The SMILES string of the molecule is C#C.C#C.C=CC1CCCCC1.CC(C)(C)C#Cc1cc(NC=O)c(C(=O)O)s1.Cc1nc(SN2CCCCC2)cn1C. The van der Waals surface area contributed by atoms with Gasteiger partial charge < -0.3 is 15.0 Å². The van der Waals surface area contributed by atoms with Crippen molar-refractivity contribution in [2.75, 3.05) is 18.4 Å². The van der Waals surface area contributed by atoms with Gasteiger partial charge in [0.1, 0.15) is 15.7 Å². The van der Waals surface area contributed by atoms with E-state index in [-0.39, 0.29) is 16.0 Å². The number of nitrogens with zero attached hydrogens (tertiary/aromatic N) is 3. The van der Waals surface area contributed by atoms with Crippen LogP contribution < -0.4 is 5.32 Å². The van der Waals surface area contributed by atoms with Crippen LogP contribution in [-0.2, 0) is 11.8 Å². The summed E-state index contributed by atoms with van der Waals surface area (Å²) >= 11 is 2.85. The third-order valence-corrected chi connectivity index (χ3v) is 8.35. The average Bonchev–Trinajstić information content (AvgIpc) is 3.57. The number of carbonyl (C=O) groups is 2. The van der Waals surface area contributed by atoms with Gasteiger partial charge in [0.05, 0.1) is 10.6 Å². The highest BCUT2D eigenvalue weighted by atomic mass is 32.2. The van der Waals surface area contributed by atoms with E-state index in [4.69, 9.17) is 5.11 Å². The molecule has 234 valence electrons. The third-order valence-electron chi connectivity index (χ3n) is 6.31. The number of carboxylic acids is 1.